The molecule has 2 rings (SSSR count). The Hall–Kier alpha value is -2.46. The molecule has 180 valence electrons. The highest BCUT2D eigenvalue weighted by molar-refractivity contribution is 5.91. The van der Waals surface area contributed by atoms with Crippen molar-refractivity contribution in [3.8, 4) is 0 Å². The molecule has 5 nitrogen and oxygen atoms in total. The number of carbonyl (C=O) groups excluding carboxylic acids is 2. The maximum atomic E-state index is 12.9. The number of anilines is 1. The molecule has 0 radical (unpaired) electrons. The number of rotatable bonds is 7. The summed E-state index contributed by atoms with van der Waals surface area (Å²) >= 11 is 0. The van der Waals surface area contributed by atoms with Gasteiger partial charge in [0.2, 0.25) is 5.91 Å². The van der Waals surface area contributed by atoms with Crippen molar-refractivity contribution in [2.75, 3.05) is 11.9 Å². The highest BCUT2D eigenvalue weighted by Crippen LogP contribution is 2.37. The van der Waals surface area contributed by atoms with E-state index in [1.165, 1.54) is 0 Å². The second-order valence-electron chi connectivity index (χ2n) is 7.90. The Bertz CT molecular complexity index is 754. The number of nitrogens with one attached hydrogen (secondary N) is 2. The third-order valence-electron chi connectivity index (χ3n) is 5.25. The quantitative estimate of drug-likeness (QED) is 0.373. The van der Waals surface area contributed by atoms with Gasteiger partial charge in [0.1, 0.15) is 0 Å². The van der Waals surface area contributed by atoms with E-state index in [1.807, 2.05) is 6.92 Å². The van der Waals surface area contributed by atoms with Gasteiger partial charge in [0.05, 0.1) is 17.7 Å². The lowest BCUT2D eigenvalue weighted by Gasteiger charge is -2.28. The summed E-state index contributed by atoms with van der Waals surface area (Å²) in [4.78, 5) is 23.9. The topological polar surface area (TPSA) is 67.4 Å². The number of ether oxygens (including phenoxy) is 1. The average molecular weight is 468 g/mol. The van der Waals surface area contributed by atoms with E-state index in [-0.39, 0.29) is 24.4 Å². The maximum Gasteiger partial charge on any atom is 0.416 e. The summed E-state index contributed by atoms with van der Waals surface area (Å²) in [5.74, 6) is -0.745. The van der Waals surface area contributed by atoms with Gasteiger partial charge in [-0.15, -0.1) is 0 Å². The summed E-state index contributed by atoms with van der Waals surface area (Å²) in [6.45, 7) is 2.31. The molecule has 1 aliphatic carbocycles. The van der Waals surface area contributed by atoms with E-state index in [4.69, 9.17) is 4.74 Å². The Morgan fingerprint density at radius 1 is 0.969 bits per heavy atom. The molecule has 0 saturated heterocycles. The van der Waals surface area contributed by atoms with Crippen LogP contribution in [0.5, 0.6) is 0 Å². The molecule has 1 aromatic carbocycles. The number of unbranched alkanes of at least 4 members (excludes halogenated alkanes) is 1. The van der Waals surface area contributed by atoms with Gasteiger partial charge in [0, 0.05) is 18.2 Å². The molecule has 2 amide bonds. The molecule has 1 aromatic rings. The van der Waals surface area contributed by atoms with Crippen LogP contribution in [0.3, 0.4) is 0 Å². The van der Waals surface area contributed by atoms with Gasteiger partial charge in [-0.3, -0.25) is 4.79 Å². The number of halogens is 6. The van der Waals surface area contributed by atoms with Gasteiger partial charge in [-0.2, -0.15) is 26.3 Å². The second-order valence-corrected chi connectivity index (χ2v) is 7.90. The molecule has 0 unspecified atom stereocenters. The van der Waals surface area contributed by atoms with Gasteiger partial charge in [-0.05, 0) is 56.2 Å². The molecule has 0 aromatic heterocycles. The Kier molecular flexibility index (Phi) is 8.80. The van der Waals surface area contributed by atoms with Crippen LogP contribution in [0.25, 0.3) is 0 Å². The zero-order chi connectivity index (χ0) is 23.9. The van der Waals surface area contributed by atoms with Crippen molar-refractivity contribution >= 4 is 17.7 Å². The lowest BCUT2D eigenvalue weighted by Crippen LogP contribution is -2.38. The fourth-order valence-electron chi connectivity index (χ4n) is 3.53. The fraction of sp³-hybridized carbons (Fsp3) is 0.619. The molecular formula is C21H26F6N2O3. The van der Waals surface area contributed by atoms with E-state index >= 15 is 0 Å². The first-order valence-electron chi connectivity index (χ1n) is 10.4. The molecule has 32 heavy (non-hydrogen) atoms. The molecule has 0 atom stereocenters. The van der Waals surface area contributed by atoms with E-state index in [2.05, 4.69) is 10.6 Å². The molecule has 11 heteroatoms. The summed E-state index contributed by atoms with van der Waals surface area (Å²) < 4.78 is 82.7. The van der Waals surface area contributed by atoms with E-state index in [1.54, 1.807) is 0 Å². The molecule has 0 spiro atoms. The molecular weight excluding hydrogens is 442 g/mol. The predicted molar refractivity (Wildman–Crippen MR) is 105 cm³/mol. The van der Waals surface area contributed by atoms with Crippen LogP contribution in [0.2, 0.25) is 0 Å². The molecule has 1 aliphatic rings. The summed E-state index contributed by atoms with van der Waals surface area (Å²) in [6, 6.07) is 0.884. The monoisotopic (exact) mass is 468 g/mol. The summed E-state index contributed by atoms with van der Waals surface area (Å²) in [5, 5.41) is 4.91. The second kappa shape index (κ2) is 10.9. The number of carbonyl (C=O) groups is 2. The minimum atomic E-state index is -4.98. The Morgan fingerprint density at radius 3 is 2.03 bits per heavy atom. The summed E-state index contributed by atoms with van der Waals surface area (Å²) in [7, 11) is 0. The number of alkyl halides is 6. The minimum Gasteiger partial charge on any atom is -0.450 e. The fourth-order valence-corrected chi connectivity index (χ4v) is 3.53. The molecule has 1 saturated carbocycles. The normalized spacial score (nSPS) is 19.3. The highest BCUT2D eigenvalue weighted by Gasteiger charge is 2.37. The molecule has 1 fully saturated rings. The molecule has 0 bridgehead atoms. The SMILES string of the molecule is CCCCOC(=O)N[C@H]1CC[C@H](CC(=O)Nc2cc(C(F)(F)F)cc(C(F)(F)F)c2)CC1. The lowest BCUT2D eigenvalue weighted by molar-refractivity contribution is -0.143. The minimum absolute atomic E-state index is 0.0111. The van der Waals surface area contributed by atoms with Crippen molar-refractivity contribution in [3.63, 3.8) is 0 Å². The third kappa shape index (κ3) is 8.23. The van der Waals surface area contributed by atoms with Gasteiger partial charge < -0.3 is 15.4 Å². The first-order chi connectivity index (χ1) is 14.9. The first kappa shape index (κ1) is 25.8. The lowest BCUT2D eigenvalue weighted by atomic mass is 9.84. The largest absolute Gasteiger partial charge is 0.450 e. The van der Waals surface area contributed by atoms with Crippen molar-refractivity contribution in [1.29, 1.82) is 0 Å². The van der Waals surface area contributed by atoms with Gasteiger partial charge in [-0.1, -0.05) is 13.3 Å². The van der Waals surface area contributed by atoms with Gasteiger partial charge in [0.15, 0.2) is 0 Å². The molecule has 0 aliphatic heterocycles. The standard InChI is InChI=1S/C21H26F6N2O3/c1-2-3-8-32-19(31)29-16-6-4-13(5-7-16)9-18(30)28-17-11-14(20(22,23)24)10-15(12-17)21(25,26)27/h10-13,16H,2-9H2,1H3,(H,28,30)(H,29,31)/t13-,16-. The summed E-state index contributed by atoms with van der Waals surface area (Å²) in [6.07, 6.45) is -6.45. The van der Waals surface area contributed by atoms with E-state index in [0.29, 0.717) is 44.4 Å². The predicted octanol–water partition coefficient (Wildman–Crippen LogP) is 6.14. The van der Waals surface area contributed by atoms with Crippen molar-refractivity contribution in [1.82, 2.24) is 5.32 Å². The third-order valence-corrected chi connectivity index (χ3v) is 5.25. The van der Waals surface area contributed by atoms with Crippen LogP contribution in [-0.4, -0.2) is 24.6 Å². The van der Waals surface area contributed by atoms with Gasteiger partial charge >= 0.3 is 18.4 Å². The van der Waals surface area contributed by atoms with Crippen molar-refractivity contribution in [2.45, 2.75) is 70.3 Å². The van der Waals surface area contributed by atoms with E-state index < -0.39 is 41.2 Å². The van der Waals surface area contributed by atoms with Crippen LogP contribution in [0.4, 0.5) is 36.8 Å². The van der Waals surface area contributed by atoms with Crippen LogP contribution in [0.1, 0.15) is 63.0 Å². The molecule has 2 N–H and O–H groups in total. The van der Waals surface area contributed by atoms with Crippen LogP contribution in [0.15, 0.2) is 18.2 Å². The van der Waals surface area contributed by atoms with E-state index in [9.17, 15) is 35.9 Å². The van der Waals surface area contributed by atoms with E-state index in [0.717, 1.165) is 12.8 Å². The van der Waals surface area contributed by atoms with Gasteiger partial charge in [0.25, 0.3) is 0 Å². The summed E-state index contributed by atoms with van der Waals surface area (Å²) in [5.41, 5.74) is -3.53. The number of benzene rings is 1. The molecule has 0 heterocycles. The smallest absolute Gasteiger partial charge is 0.416 e. The highest BCUT2D eigenvalue weighted by atomic mass is 19.4. The van der Waals surface area contributed by atoms with Crippen molar-refractivity contribution < 1.29 is 40.7 Å². The van der Waals surface area contributed by atoms with Crippen LogP contribution in [-0.2, 0) is 21.9 Å². The Labute approximate surface area is 181 Å². The number of hydrogen-bond acceptors (Lipinski definition) is 3. The zero-order valence-electron chi connectivity index (χ0n) is 17.5. The maximum absolute atomic E-state index is 12.9. The average Bonchev–Trinajstić information content (AvgIpc) is 2.68. The number of alkyl carbamates (subject to hydrolysis) is 1. The van der Waals surface area contributed by atoms with Crippen molar-refractivity contribution in [2.24, 2.45) is 5.92 Å². The number of hydrogen-bond donors (Lipinski definition) is 2. The van der Waals surface area contributed by atoms with Crippen LogP contribution in [0, 0.1) is 5.92 Å². The van der Waals surface area contributed by atoms with Crippen LogP contribution < -0.4 is 10.6 Å². The Morgan fingerprint density at radius 2 is 1.53 bits per heavy atom. The van der Waals surface area contributed by atoms with Crippen molar-refractivity contribution in [3.05, 3.63) is 29.3 Å². The Balaban J connectivity index is 1.89. The van der Waals surface area contributed by atoms with Crippen LogP contribution >= 0.6 is 0 Å². The zero-order valence-corrected chi connectivity index (χ0v) is 17.5. The number of amides is 2. The van der Waals surface area contributed by atoms with Gasteiger partial charge in [-0.25, -0.2) is 4.79 Å². The first-order valence-corrected chi connectivity index (χ1v) is 10.4.